The average Bonchev–Trinajstić information content (AvgIpc) is 2.70. The van der Waals surface area contributed by atoms with Crippen LogP contribution in [0, 0.1) is 6.92 Å². The molecule has 0 bridgehead atoms. The molecule has 0 radical (unpaired) electrons. The molecule has 0 atom stereocenters. The molecule has 1 heterocycles. The first-order chi connectivity index (χ1) is 7.68. The molecular weight excluding hydrogens is 200 g/mol. The number of para-hydroxylation sites is 1. The van der Waals surface area contributed by atoms with Crippen LogP contribution >= 0.6 is 0 Å². The number of hydrogen-bond donors (Lipinski definition) is 1. The molecule has 0 aliphatic heterocycles. The van der Waals surface area contributed by atoms with Crippen molar-refractivity contribution in [1.82, 2.24) is 0 Å². The van der Waals surface area contributed by atoms with Gasteiger partial charge in [-0.2, -0.15) is 0 Å². The second kappa shape index (κ2) is 4.31. The number of nitrogens with zero attached hydrogens (tertiary/aromatic N) is 1. The standard InChI is InChI=1S/C13H16N2O/c1-10-5-3-7-12(14)13(10)15(2)9-11-6-4-8-16-11/h3-8H,9,14H2,1-2H3. The smallest absolute Gasteiger partial charge is 0.123 e. The quantitative estimate of drug-likeness (QED) is 0.802. The molecule has 84 valence electrons. The van der Waals surface area contributed by atoms with E-state index in [1.54, 1.807) is 6.26 Å². The van der Waals surface area contributed by atoms with Gasteiger partial charge in [-0.3, -0.25) is 0 Å². The Morgan fingerprint density at radius 2 is 2.06 bits per heavy atom. The van der Waals surface area contributed by atoms with Gasteiger partial charge in [0.2, 0.25) is 0 Å². The van der Waals surface area contributed by atoms with Crippen LogP contribution in [0.15, 0.2) is 41.0 Å². The van der Waals surface area contributed by atoms with Crippen molar-refractivity contribution in [1.29, 1.82) is 0 Å². The monoisotopic (exact) mass is 216 g/mol. The minimum atomic E-state index is 0.724. The van der Waals surface area contributed by atoms with Crippen molar-refractivity contribution in [3.05, 3.63) is 47.9 Å². The molecule has 16 heavy (non-hydrogen) atoms. The van der Waals surface area contributed by atoms with E-state index in [-0.39, 0.29) is 0 Å². The Labute approximate surface area is 95.5 Å². The fourth-order valence-electron chi connectivity index (χ4n) is 1.92. The SMILES string of the molecule is Cc1cccc(N)c1N(C)Cc1ccco1. The highest BCUT2D eigenvalue weighted by Gasteiger charge is 2.09. The molecule has 0 aliphatic carbocycles. The molecule has 3 nitrogen and oxygen atoms in total. The first kappa shape index (κ1) is 10.6. The van der Waals surface area contributed by atoms with Crippen LogP contribution in [0.1, 0.15) is 11.3 Å². The Balaban J connectivity index is 2.24. The van der Waals surface area contributed by atoms with E-state index in [1.165, 1.54) is 5.56 Å². The Bertz CT molecular complexity index is 443. The van der Waals surface area contributed by atoms with Crippen LogP contribution in [0.5, 0.6) is 0 Å². The molecule has 1 aromatic carbocycles. The molecule has 2 aromatic rings. The normalized spacial score (nSPS) is 10.4. The van der Waals surface area contributed by atoms with Crippen LogP contribution < -0.4 is 10.6 Å². The molecule has 2 N–H and O–H groups in total. The summed E-state index contributed by atoms with van der Waals surface area (Å²) in [6.45, 7) is 2.78. The van der Waals surface area contributed by atoms with Gasteiger partial charge in [0.05, 0.1) is 24.2 Å². The first-order valence-corrected chi connectivity index (χ1v) is 5.27. The van der Waals surface area contributed by atoms with Gasteiger partial charge in [-0.1, -0.05) is 12.1 Å². The Morgan fingerprint density at radius 1 is 1.25 bits per heavy atom. The second-order valence-electron chi connectivity index (χ2n) is 3.95. The number of hydrogen-bond acceptors (Lipinski definition) is 3. The van der Waals surface area contributed by atoms with Gasteiger partial charge in [0.15, 0.2) is 0 Å². The molecule has 0 unspecified atom stereocenters. The van der Waals surface area contributed by atoms with Crippen molar-refractivity contribution in [2.45, 2.75) is 13.5 Å². The van der Waals surface area contributed by atoms with E-state index in [2.05, 4.69) is 17.9 Å². The number of nitrogens with two attached hydrogens (primary N) is 1. The zero-order chi connectivity index (χ0) is 11.5. The van der Waals surface area contributed by atoms with Crippen molar-refractivity contribution in [2.24, 2.45) is 0 Å². The van der Waals surface area contributed by atoms with Crippen molar-refractivity contribution in [3.8, 4) is 0 Å². The number of rotatable bonds is 3. The molecule has 0 saturated carbocycles. The number of aryl methyl sites for hydroxylation is 1. The Morgan fingerprint density at radius 3 is 2.69 bits per heavy atom. The maximum atomic E-state index is 5.98. The minimum Gasteiger partial charge on any atom is -0.467 e. The maximum absolute atomic E-state index is 5.98. The van der Waals surface area contributed by atoms with Gasteiger partial charge in [0, 0.05) is 7.05 Å². The van der Waals surface area contributed by atoms with E-state index in [1.807, 2.05) is 31.3 Å². The summed E-state index contributed by atoms with van der Waals surface area (Å²) < 4.78 is 5.32. The predicted octanol–water partition coefficient (Wildman–Crippen LogP) is 2.81. The van der Waals surface area contributed by atoms with Crippen molar-refractivity contribution in [2.75, 3.05) is 17.7 Å². The topological polar surface area (TPSA) is 42.4 Å². The van der Waals surface area contributed by atoms with Crippen LogP contribution in [-0.2, 0) is 6.54 Å². The van der Waals surface area contributed by atoms with Gasteiger partial charge in [-0.05, 0) is 30.7 Å². The minimum absolute atomic E-state index is 0.724. The van der Waals surface area contributed by atoms with Crippen LogP contribution in [0.4, 0.5) is 11.4 Å². The number of benzene rings is 1. The lowest BCUT2D eigenvalue weighted by atomic mass is 10.1. The van der Waals surface area contributed by atoms with E-state index < -0.39 is 0 Å². The average molecular weight is 216 g/mol. The zero-order valence-electron chi connectivity index (χ0n) is 9.60. The highest BCUT2D eigenvalue weighted by atomic mass is 16.3. The maximum Gasteiger partial charge on any atom is 0.123 e. The summed E-state index contributed by atoms with van der Waals surface area (Å²) in [5.41, 5.74) is 9.02. The van der Waals surface area contributed by atoms with Crippen LogP contribution in [0.25, 0.3) is 0 Å². The van der Waals surface area contributed by atoms with E-state index in [9.17, 15) is 0 Å². The summed E-state index contributed by atoms with van der Waals surface area (Å²) in [6, 6.07) is 9.80. The van der Waals surface area contributed by atoms with Gasteiger partial charge in [-0.15, -0.1) is 0 Å². The molecule has 0 fully saturated rings. The molecule has 3 heteroatoms. The summed E-state index contributed by atoms with van der Waals surface area (Å²) in [7, 11) is 2.02. The Kier molecular flexibility index (Phi) is 2.86. The van der Waals surface area contributed by atoms with Gasteiger partial charge in [0.25, 0.3) is 0 Å². The van der Waals surface area contributed by atoms with Crippen LogP contribution in [0.3, 0.4) is 0 Å². The summed E-state index contributed by atoms with van der Waals surface area (Å²) in [6.07, 6.45) is 1.68. The third-order valence-corrected chi connectivity index (χ3v) is 2.62. The van der Waals surface area contributed by atoms with Crippen LogP contribution in [-0.4, -0.2) is 7.05 Å². The lowest BCUT2D eigenvalue weighted by molar-refractivity contribution is 0.507. The number of furan rings is 1. The molecule has 1 aromatic heterocycles. The summed E-state index contributed by atoms with van der Waals surface area (Å²) >= 11 is 0. The molecule has 0 amide bonds. The summed E-state index contributed by atoms with van der Waals surface area (Å²) in [5, 5.41) is 0. The third kappa shape index (κ3) is 2.03. The van der Waals surface area contributed by atoms with Crippen molar-refractivity contribution >= 4 is 11.4 Å². The largest absolute Gasteiger partial charge is 0.467 e. The van der Waals surface area contributed by atoms with E-state index in [0.29, 0.717) is 0 Å². The summed E-state index contributed by atoms with van der Waals surface area (Å²) in [4.78, 5) is 2.10. The molecular formula is C13H16N2O. The second-order valence-corrected chi connectivity index (χ2v) is 3.95. The van der Waals surface area contributed by atoms with Gasteiger partial charge >= 0.3 is 0 Å². The molecule has 0 aliphatic rings. The highest BCUT2D eigenvalue weighted by molar-refractivity contribution is 5.70. The van der Waals surface area contributed by atoms with E-state index >= 15 is 0 Å². The molecule has 2 rings (SSSR count). The van der Waals surface area contributed by atoms with Crippen LogP contribution in [0.2, 0.25) is 0 Å². The lowest BCUT2D eigenvalue weighted by Crippen LogP contribution is -2.18. The van der Waals surface area contributed by atoms with Crippen molar-refractivity contribution in [3.63, 3.8) is 0 Å². The number of nitrogen functional groups attached to an aromatic ring is 1. The number of anilines is 2. The lowest BCUT2D eigenvalue weighted by Gasteiger charge is -2.22. The van der Waals surface area contributed by atoms with Gasteiger partial charge in [-0.25, -0.2) is 0 Å². The third-order valence-electron chi connectivity index (χ3n) is 2.62. The fraction of sp³-hybridized carbons (Fsp3) is 0.231. The predicted molar refractivity (Wildman–Crippen MR) is 66.4 cm³/mol. The zero-order valence-corrected chi connectivity index (χ0v) is 9.60. The fourth-order valence-corrected chi connectivity index (χ4v) is 1.92. The van der Waals surface area contributed by atoms with Crippen molar-refractivity contribution < 1.29 is 4.42 Å². The summed E-state index contributed by atoms with van der Waals surface area (Å²) in [5.74, 6) is 0.935. The first-order valence-electron chi connectivity index (χ1n) is 5.27. The molecule has 0 spiro atoms. The van der Waals surface area contributed by atoms with Gasteiger partial charge in [0.1, 0.15) is 5.76 Å². The van der Waals surface area contributed by atoms with Gasteiger partial charge < -0.3 is 15.1 Å². The molecule has 0 saturated heterocycles. The highest BCUT2D eigenvalue weighted by Crippen LogP contribution is 2.27. The van der Waals surface area contributed by atoms with E-state index in [4.69, 9.17) is 10.2 Å². The Hall–Kier alpha value is -1.90. The van der Waals surface area contributed by atoms with E-state index in [0.717, 1.165) is 23.7 Å².